The molecule has 0 aliphatic rings. The molecular formula is C13H19N. The van der Waals surface area contributed by atoms with Gasteiger partial charge in [0.2, 0.25) is 0 Å². The van der Waals surface area contributed by atoms with E-state index in [1.54, 1.807) is 0 Å². The Hall–Kier alpha value is -1.08. The van der Waals surface area contributed by atoms with Crippen molar-refractivity contribution in [2.24, 2.45) is 0 Å². The molecule has 0 aliphatic heterocycles. The molecule has 0 unspecified atom stereocenters. The Morgan fingerprint density at radius 2 is 1.93 bits per heavy atom. The molecule has 0 bridgehead atoms. The molecule has 0 aromatic heterocycles. The van der Waals surface area contributed by atoms with E-state index in [4.69, 9.17) is 0 Å². The van der Waals surface area contributed by atoms with Crippen molar-refractivity contribution in [2.45, 2.75) is 20.3 Å². The molecule has 0 spiro atoms. The summed E-state index contributed by atoms with van der Waals surface area (Å²) in [5.74, 6) is 0. The quantitative estimate of drug-likeness (QED) is 0.750. The summed E-state index contributed by atoms with van der Waals surface area (Å²) in [7, 11) is 0. The second-order valence-electron chi connectivity index (χ2n) is 3.35. The van der Waals surface area contributed by atoms with Gasteiger partial charge in [0.1, 0.15) is 0 Å². The lowest BCUT2D eigenvalue weighted by atomic mass is 10.1. The molecule has 14 heavy (non-hydrogen) atoms. The van der Waals surface area contributed by atoms with Gasteiger partial charge in [0.25, 0.3) is 0 Å². The number of benzene rings is 1. The predicted molar refractivity (Wildman–Crippen MR) is 63.3 cm³/mol. The van der Waals surface area contributed by atoms with Crippen LogP contribution in [0.5, 0.6) is 0 Å². The Balaban J connectivity index is 2.64. The van der Waals surface area contributed by atoms with E-state index in [-0.39, 0.29) is 0 Å². The normalized spacial score (nSPS) is 11.7. The molecule has 1 rings (SSSR count). The second-order valence-corrected chi connectivity index (χ2v) is 3.35. The lowest BCUT2D eigenvalue weighted by molar-refractivity contribution is 0.762. The molecule has 1 heteroatoms. The van der Waals surface area contributed by atoms with Crippen LogP contribution >= 0.6 is 0 Å². The van der Waals surface area contributed by atoms with E-state index in [1.807, 2.05) is 6.07 Å². The number of hydrogen-bond acceptors (Lipinski definition) is 1. The molecule has 0 heterocycles. The Morgan fingerprint density at radius 3 is 2.50 bits per heavy atom. The Morgan fingerprint density at radius 1 is 1.21 bits per heavy atom. The zero-order valence-corrected chi connectivity index (χ0v) is 9.09. The van der Waals surface area contributed by atoms with Crippen LogP contribution in [0.1, 0.15) is 25.8 Å². The smallest absolute Gasteiger partial charge is 0.0167 e. The van der Waals surface area contributed by atoms with E-state index in [1.165, 1.54) is 11.1 Å². The zero-order chi connectivity index (χ0) is 10.2. The van der Waals surface area contributed by atoms with Crippen LogP contribution in [0.3, 0.4) is 0 Å². The third-order valence-corrected chi connectivity index (χ3v) is 2.23. The lowest BCUT2D eigenvalue weighted by Crippen LogP contribution is -2.15. The summed E-state index contributed by atoms with van der Waals surface area (Å²) in [6.45, 7) is 6.37. The number of rotatable bonds is 5. The van der Waals surface area contributed by atoms with Crippen LogP contribution in [-0.2, 0) is 0 Å². The van der Waals surface area contributed by atoms with Gasteiger partial charge in [-0.3, -0.25) is 0 Å². The minimum Gasteiger partial charge on any atom is -0.313 e. The van der Waals surface area contributed by atoms with Crippen LogP contribution in [0.15, 0.2) is 35.9 Å². The van der Waals surface area contributed by atoms with Crippen molar-refractivity contribution >= 4 is 6.08 Å². The standard InChI is InChI=1S/C13H19N/c1-3-12(11-14-4-2)10-13-8-6-5-7-9-13/h5-10,14H,3-4,11H2,1-2H3. The molecule has 1 aromatic carbocycles. The van der Waals surface area contributed by atoms with Crippen LogP contribution in [0.4, 0.5) is 0 Å². The highest BCUT2D eigenvalue weighted by molar-refractivity contribution is 5.52. The van der Waals surface area contributed by atoms with Crippen molar-refractivity contribution in [3.05, 3.63) is 41.5 Å². The first-order valence-corrected chi connectivity index (χ1v) is 5.32. The van der Waals surface area contributed by atoms with Gasteiger partial charge >= 0.3 is 0 Å². The van der Waals surface area contributed by atoms with Crippen molar-refractivity contribution in [1.82, 2.24) is 5.32 Å². The summed E-state index contributed by atoms with van der Waals surface area (Å²) < 4.78 is 0. The summed E-state index contributed by atoms with van der Waals surface area (Å²) in [5, 5.41) is 3.35. The second kappa shape index (κ2) is 6.39. The predicted octanol–water partition coefficient (Wildman–Crippen LogP) is 3.09. The highest BCUT2D eigenvalue weighted by atomic mass is 14.8. The Labute approximate surface area is 86.8 Å². The maximum absolute atomic E-state index is 3.35. The third-order valence-electron chi connectivity index (χ3n) is 2.23. The molecule has 0 amide bonds. The molecule has 1 aromatic rings. The number of hydrogen-bond donors (Lipinski definition) is 1. The van der Waals surface area contributed by atoms with E-state index in [9.17, 15) is 0 Å². The average Bonchev–Trinajstić information content (AvgIpc) is 2.25. The maximum atomic E-state index is 3.35. The van der Waals surface area contributed by atoms with Crippen molar-refractivity contribution in [3.63, 3.8) is 0 Å². The van der Waals surface area contributed by atoms with Gasteiger partial charge in [0, 0.05) is 6.54 Å². The zero-order valence-electron chi connectivity index (χ0n) is 9.09. The fraction of sp³-hybridized carbons (Fsp3) is 0.385. The van der Waals surface area contributed by atoms with E-state index >= 15 is 0 Å². The van der Waals surface area contributed by atoms with Crippen molar-refractivity contribution in [2.75, 3.05) is 13.1 Å². The first kappa shape index (κ1) is 11.0. The summed E-state index contributed by atoms with van der Waals surface area (Å²) in [5.41, 5.74) is 2.75. The van der Waals surface area contributed by atoms with Gasteiger partial charge in [-0.2, -0.15) is 0 Å². The first-order chi connectivity index (χ1) is 6.86. The van der Waals surface area contributed by atoms with Gasteiger partial charge in [-0.1, -0.05) is 55.8 Å². The van der Waals surface area contributed by atoms with Gasteiger partial charge in [-0.05, 0) is 18.5 Å². The van der Waals surface area contributed by atoms with Crippen molar-refractivity contribution in [3.8, 4) is 0 Å². The third kappa shape index (κ3) is 3.75. The van der Waals surface area contributed by atoms with Gasteiger partial charge in [0.15, 0.2) is 0 Å². The summed E-state index contributed by atoms with van der Waals surface area (Å²) >= 11 is 0. The van der Waals surface area contributed by atoms with E-state index in [2.05, 4.69) is 49.5 Å². The number of nitrogens with one attached hydrogen (secondary N) is 1. The molecule has 0 atom stereocenters. The molecule has 0 fully saturated rings. The molecular weight excluding hydrogens is 170 g/mol. The molecule has 1 N–H and O–H groups in total. The summed E-state index contributed by atoms with van der Waals surface area (Å²) in [6.07, 6.45) is 3.38. The van der Waals surface area contributed by atoms with Crippen LogP contribution in [0, 0.1) is 0 Å². The van der Waals surface area contributed by atoms with Crippen LogP contribution in [0.2, 0.25) is 0 Å². The largest absolute Gasteiger partial charge is 0.313 e. The molecule has 0 saturated carbocycles. The minimum atomic E-state index is 1.00. The number of likely N-dealkylation sites (N-methyl/N-ethyl adjacent to an activating group) is 1. The van der Waals surface area contributed by atoms with Crippen LogP contribution in [-0.4, -0.2) is 13.1 Å². The SMILES string of the molecule is CCNCC(=Cc1ccccc1)CC. The summed E-state index contributed by atoms with van der Waals surface area (Å²) in [6, 6.07) is 10.5. The molecule has 0 saturated heterocycles. The van der Waals surface area contributed by atoms with E-state index in [0.717, 1.165) is 19.5 Å². The summed E-state index contributed by atoms with van der Waals surface area (Å²) in [4.78, 5) is 0. The van der Waals surface area contributed by atoms with Crippen molar-refractivity contribution < 1.29 is 0 Å². The first-order valence-electron chi connectivity index (χ1n) is 5.32. The Bertz CT molecular complexity index is 275. The fourth-order valence-electron chi connectivity index (χ4n) is 1.35. The minimum absolute atomic E-state index is 1.00. The molecule has 0 radical (unpaired) electrons. The highest BCUT2D eigenvalue weighted by Crippen LogP contribution is 2.08. The monoisotopic (exact) mass is 189 g/mol. The molecule has 1 nitrogen and oxygen atoms in total. The van der Waals surface area contributed by atoms with E-state index in [0.29, 0.717) is 0 Å². The highest BCUT2D eigenvalue weighted by Gasteiger charge is 1.93. The van der Waals surface area contributed by atoms with Gasteiger partial charge < -0.3 is 5.32 Å². The van der Waals surface area contributed by atoms with E-state index < -0.39 is 0 Å². The van der Waals surface area contributed by atoms with Crippen LogP contribution < -0.4 is 5.32 Å². The maximum Gasteiger partial charge on any atom is 0.0167 e. The van der Waals surface area contributed by atoms with Crippen molar-refractivity contribution in [1.29, 1.82) is 0 Å². The van der Waals surface area contributed by atoms with Crippen LogP contribution in [0.25, 0.3) is 6.08 Å². The van der Waals surface area contributed by atoms with Gasteiger partial charge in [-0.15, -0.1) is 0 Å². The average molecular weight is 189 g/mol. The molecule has 76 valence electrons. The Kier molecular flexibility index (Phi) is 5.02. The lowest BCUT2D eigenvalue weighted by Gasteiger charge is -2.05. The molecule has 0 aliphatic carbocycles. The topological polar surface area (TPSA) is 12.0 Å². The fourth-order valence-corrected chi connectivity index (χ4v) is 1.35. The van der Waals surface area contributed by atoms with Gasteiger partial charge in [-0.25, -0.2) is 0 Å². The van der Waals surface area contributed by atoms with Gasteiger partial charge in [0.05, 0.1) is 0 Å².